The third kappa shape index (κ3) is 3.16. The van der Waals surface area contributed by atoms with Gasteiger partial charge in [0.25, 0.3) is 0 Å². The average molecular weight is 413 g/mol. The number of aromatic nitrogens is 3. The second-order valence-corrected chi connectivity index (χ2v) is 8.04. The van der Waals surface area contributed by atoms with Gasteiger partial charge >= 0.3 is 0 Å². The summed E-state index contributed by atoms with van der Waals surface area (Å²) in [6, 6.07) is 10.4. The van der Waals surface area contributed by atoms with Crippen molar-refractivity contribution in [2.24, 2.45) is 0 Å². The minimum absolute atomic E-state index is 0.0866. The molecule has 4 heterocycles. The maximum absolute atomic E-state index is 14.2. The first-order valence-corrected chi connectivity index (χ1v) is 10.3. The number of hydrogen-bond donors (Lipinski definition) is 1. The fourth-order valence-corrected chi connectivity index (χ4v) is 5.02. The minimum atomic E-state index is -0.249. The van der Waals surface area contributed by atoms with Crippen LogP contribution < -0.4 is 4.90 Å². The van der Waals surface area contributed by atoms with Gasteiger partial charge in [-0.15, -0.1) is 5.10 Å². The average Bonchev–Trinajstić information content (AvgIpc) is 3.43. The number of anilines is 1. The van der Waals surface area contributed by atoms with E-state index in [-0.39, 0.29) is 17.7 Å². The number of hydrogen-bond acceptors (Lipinski definition) is 7. The predicted octanol–water partition coefficient (Wildman–Crippen LogP) is 3.45. The zero-order valence-electron chi connectivity index (χ0n) is 15.8. The van der Waals surface area contributed by atoms with E-state index in [9.17, 15) is 9.50 Å². The standard InChI is InChI=1S/C20H20FN5O2S/c1-13-22-20-26(23-13)19(27)18(29-20)17(16-7-4-12-28-16)25-10-8-24(9-11-25)15-6-3-2-5-14(15)21/h2-7,12,17,27H,8-11H2,1H3/t17-/m1/s1. The number of benzene rings is 1. The van der Waals surface area contributed by atoms with Crippen LogP contribution in [0, 0.1) is 12.7 Å². The molecule has 0 bridgehead atoms. The van der Waals surface area contributed by atoms with E-state index in [1.54, 1.807) is 19.3 Å². The summed E-state index contributed by atoms with van der Waals surface area (Å²) < 4.78 is 21.4. The molecular formula is C20H20FN5O2S. The highest BCUT2D eigenvalue weighted by molar-refractivity contribution is 7.17. The van der Waals surface area contributed by atoms with Crippen LogP contribution in [0.1, 0.15) is 22.5 Å². The highest BCUT2D eigenvalue weighted by atomic mass is 32.1. The number of fused-ring (bicyclic) bond motifs is 1. The second kappa shape index (κ2) is 7.16. The molecule has 3 aromatic heterocycles. The van der Waals surface area contributed by atoms with Crippen molar-refractivity contribution in [1.82, 2.24) is 19.5 Å². The summed E-state index contributed by atoms with van der Waals surface area (Å²) in [5, 5.41) is 15.1. The van der Waals surface area contributed by atoms with Crippen LogP contribution in [-0.4, -0.2) is 50.8 Å². The molecule has 0 unspecified atom stereocenters. The van der Waals surface area contributed by atoms with E-state index in [0.717, 1.165) is 10.6 Å². The van der Waals surface area contributed by atoms with Crippen molar-refractivity contribution in [3.8, 4) is 5.88 Å². The first kappa shape index (κ1) is 18.1. The molecule has 0 aliphatic carbocycles. The maximum Gasteiger partial charge on any atom is 0.230 e. The van der Waals surface area contributed by atoms with Gasteiger partial charge in [0.05, 0.1) is 16.8 Å². The molecule has 9 heteroatoms. The first-order valence-electron chi connectivity index (χ1n) is 9.44. The van der Waals surface area contributed by atoms with E-state index in [2.05, 4.69) is 19.9 Å². The minimum Gasteiger partial charge on any atom is -0.492 e. The van der Waals surface area contributed by atoms with Crippen molar-refractivity contribution in [3.63, 3.8) is 0 Å². The molecule has 4 aromatic rings. The lowest BCUT2D eigenvalue weighted by molar-refractivity contribution is 0.190. The summed E-state index contributed by atoms with van der Waals surface area (Å²) in [7, 11) is 0. The summed E-state index contributed by atoms with van der Waals surface area (Å²) in [5.41, 5.74) is 0.624. The van der Waals surface area contributed by atoms with E-state index < -0.39 is 0 Å². The van der Waals surface area contributed by atoms with E-state index in [4.69, 9.17) is 4.42 Å². The Morgan fingerprint density at radius 2 is 1.93 bits per heavy atom. The summed E-state index contributed by atoms with van der Waals surface area (Å²) in [6.45, 7) is 4.56. The van der Waals surface area contributed by atoms with Crippen LogP contribution in [0.3, 0.4) is 0 Å². The third-order valence-corrected chi connectivity index (χ3v) is 6.31. The second-order valence-electron chi connectivity index (χ2n) is 7.04. The van der Waals surface area contributed by atoms with E-state index >= 15 is 0 Å². The van der Waals surface area contributed by atoms with Crippen LogP contribution in [0.25, 0.3) is 4.96 Å². The Kier molecular flexibility index (Phi) is 4.48. The zero-order valence-corrected chi connectivity index (χ0v) is 16.6. The molecule has 1 aromatic carbocycles. The Labute approximate surface area is 170 Å². The van der Waals surface area contributed by atoms with E-state index in [0.29, 0.717) is 42.7 Å². The van der Waals surface area contributed by atoms with Crippen LogP contribution in [-0.2, 0) is 0 Å². The number of nitrogens with zero attached hydrogens (tertiary/aromatic N) is 5. The Morgan fingerprint density at radius 3 is 2.62 bits per heavy atom. The monoisotopic (exact) mass is 413 g/mol. The summed E-state index contributed by atoms with van der Waals surface area (Å²) >= 11 is 1.41. The Bertz CT molecular complexity index is 1130. The van der Waals surface area contributed by atoms with Gasteiger partial charge in [-0.3, -0.25) is 4.90 Å². The van der Waals surface area contributed by atoms with Gasteiger partial charge in [-0.1, -0.05) is 23.5 Å². The Balaban J connectivity index is 1.45. The Morgan fingerprint density at radius 1 is 1.14 bits per heavy atom. The lowest BCUT2D eigenvalue weighted by Crippen LogP contribution is -2.48. The van der Waals surface area contributed by atoms with Gasteiger partial charge in [-0.25, -0.2) is 9.37 Å². The largest absolute Gasteiger partial charge is 0.492 e. The van der Waals surface area contributed by atoms with Gasteiger partial charge in [-0.2, -0.15) is 4.52 Å². The molecule has 0 radical (unpaired) electrons. The Hall–Kier alpha value is -2.91. The van der Waals surface area contributed by atoms with Crippen molar-refractivity contribution in [1.29, 1.82) is 0 Å². The third-order valence-electron chi connectivity index (χ3n) is 5.24. The maximum atomic E-state index is 14.2. The molecule has 5 rings (SSSR count). The van der Waals surface area contributed by atoms with Crippen LogP contribution in [0.15, 0.2) is 47.1 Å². The van der Waals surface area contributed by atoms with Crippen LogP contribution in [0.4, 0.5) is 10.1 Å². The molecule has 1 atom stereocenters. The number of para-hydroxylation sites is 1. The predicted molar refractivity (Wildman–Crippen MR) is 108 cm³/mol. The summed E-state index contributed by atoms with van der Waals surface area (Å²) in [6.07, 6.45) is 1.64. The van der Waals surface area contributed by atoms with Gasteiger partial charge in [0, 0.05) is 26.2 Å². The molecule has 7 nitrogen and oxygen atoms in total. The zero-order chi connectivity index (χ0) is 20.0. The SMILES string of the molecule is Cc1nc2sc([C@@H](c3ccco3)N3CCN(c4ccccc4F)CC3)c(O)n2n1. The van der Waals surface area contributed by atoms with Crippen molar-refractivity contribution in [2.75, 3.05) is 31.1 Å². The smallest absolute Gasteiger partial charge is 0.230 e. The first-order chi connectivity index (χ1) is 14.1. The van der Waals surface area contributed by atoms with Gasteiger partial charge in [-0.05, 0) is 31.2 Å². The molecule has 1 saturated heterocycles. The quantitative estimate of drug-likeness (QED) is 0.553. The van der Waals surface area contributed by atoms with E-state index in [1.807, 2.05) is 24.3 Å². The lowest BCUT2D eigenvalue weighted by Gasteiger charge is -2.39. The molecular weight excluding hydrogens is 393 g/mol. The number of thiazole rings is 1. The fourth-order valence-electron chi connectivity index (χ4n) is 3.88. The number of halogens is 1. The lowest BCUT2D eigenvalue weighted by atomic mass is 10.1. The van der Waals surface area contributed by atoms with Gasteiger partial charge in [0.2, 0.25) is 10.8 Å². The highest BCUT2D eigenvalue weighted by Crippen LogP contribution is 2.40. The number of aromatic hydroxyl groups is 1. The molecule has 1 fully saturated rings. The van der Waals surface area contributed by atoms with Crippen LogP contribution in [0.5, 0.6) is 5.88 Å². The number of piperazine rings is 1. The molecule has 150 valence electrons. The van der Waals surface area contributed by atoms with Crippen molar-refractivity contribution >= 4 is 22.0 Å². The highest BCUT2D eigenvalue weighted by Gasteiger charge is 2.33. The van der Waals surface area contributed by atoms with Crippen molar-refractivity contribution in [2.45, 2.75) is 13.0 Å². The molecule has 29 heavy (non-hydrogen) atoms. The number of furan rings is 1. The topological polar surface area (TPSA) is 70.0 Å². The molecule has 1 N–H and O–H groups in total. The van der Waals surface area contributed by atoms with Gasteiger partial charge in [0.15, 0.2) is 0 Å². The molecule has 0 saturated carbocycles. The van der Waals surface area contributed by atoms with Gasteiger partial charge in [0.1, 0.15) is 23.4 Å². The van der Waals surface area contributed by atoms with Crippen molar-refractivity contribution < 1.29 is 13.9 Å². The molecule has 1 aliphatic heterocycles. The normalized spacial score (nSPS) is 16.6. The van der Waals surface area contributed by atoms with E-state index in [1.165, 1.54) is 21.9 Å². The number of rotatable bonds is 4. The van der Waals surface area contributed by atoms with Gasteiger partial charge < -0.3 is 14.4 Å². The van der Waals surface area contributed by atoms with Crippen LogP contribution in [0.2, 0.25) is 0 Å². The summed E-state index contributed by atoms with van der Waals surface area (Å²) in [5.74, 6) is 1.25. The molecule has 0 amide bonds. The van der Waals surface area contributed by atoms with Crippen LogP contribution >= 0.6 is 11.3 Å². The molecule has 1 aliphatic rings. The molecule has 0 spiro atoms. The summed E-state index contributed by atoms with van der Waals surface area (Å²) in [4.78, 5) is 10.1. The van der Waals surface area contributed by atoms with Crippen molar-refractivity contribution in [3.05, 3.63) is 64.9 Å². The number of aryl methyl sites for hydroxylation is 1. The fraction of sp³-hybridized carbons (Fsp3) is 0.300.